The lowest BCUT2D eigenvalue weighted by atomic mass is 9.57. The lowest BCUT2D eigenvalue weighted by Gasteiger charge is -2.51. The molecule has 1 saturated carbocycles. The Morgan fingerprint density at radius 1 is 0.952 bits per heavy atom. The van der Waals surface area contributed by atoms with Crippen molar-refractivity contribution < 1.29 is 43.6 Å². The minimum atomic E-state index is -1.63. The lowest BCUT2D eigenvalue weighted by molar-refractivity contribution is -0.166. The fraction of sp³-hybridized carbons (Fsp3) is 0.515. The Morgan fingerprint density at radius 3 is 2.21 bits per heavy atom. The summed E-state index contributed by atoms with van der Waals surface area (Å²) in [5.41, 5.74) is -0.101. The average Bonchev–Trinajstić information content (AvgIpc) is 2.90. The Labute approximate surface area is 246 Å². The number of rotatable bonds is 5. The van der Waals surface area contributed by atoms with E-state index in [1.807, 2.05) is 44.2 Å². The largest absolute Gasteiger partial charge is 0.461 e. The number of benzene rings is 1. The van der Waals surface area contributed by atoms with Crippen LogP contribution < -0.4 is 0 Å². The van der Waals surface area contributed by atoms with Gasteiger partial charge < -0.3 is 24.4 Å². The third-order valence-electron chi connectivity index (χ3n) is 9.08. The molecule has 0 spiro atoms. The SMILES string of the molecule is CC(=O)O[C@H]1/C=C2\C[C@](C)(C(=O)[C@H](O)C3=C(C)[C@@H](OC(=O)/C=C/c4ccccc4)C[C@@H]1C3(C)C)[C@@H](OC(C)=O)C[C@@H]2O. The summed E-state index contributed by atoms with van der Waals surface area (Å²) in [6.45, 7) is 9.57. The third kappa shape index (κ3) is 6.13. The minimum Gasteiger partial charge on any atom is -0.461 e. The number of esters is 3. The Bertz CT molecular complexity index is 1340. The summed E-state index contributed by atoms with van der Waals surface area (Å²) in [5.74, 6) is -2.84. The highest BCUT2D eigenvalue weighted by molar-refractivity contribution is 5.93. The van der Waals surface area contributed by atoms with Crippen LogP contribution in [0.25, 0.3) is 6.08 Å². The van der Waals surface area contributed by atoms with Gasteiger partial charge in [0.25, 0.3) is 0 Å². The van der Waals surface area contributed by atoms with Gasteiger partial charge in [0, 0.05) is 32.3 Å². The Balaban J connectivity index is 1.83. The van der Waals surface area contributed by atoms with Crippen LogP contribution >= 0.6 is 0 Å². The van der Waals surface area contributed by atoms with Crippen molar-refractivity contribution in [3.63, 3.8) is 0 Å². The van der Waals surface area contributed by atoms with Crippen molar-refractivity contribution in [2.24, 2.45) is 16.7 Å². The summed E-state index contributed by atoms with van der Waals surface area (Å²) in [6.07, 6.45) is -0.535. The van der Waals surface area contributed by atoms with E-state index in [2.05, 4.69) is 0 Å². The summed E-state index contributed by atoms with van der Waals surface area (Å²) >= 11 is 0. The molecule has 1 fully saturated rings. The molecule has 0 aliphatic heterocycles. The normalized spacial score (nSPS) is 33.8. The monoisotopic (exact) mass is 580 g/mol. The molecular formula is C33H40O9. The molecule has 7 atom stereocenters. The fourth-order valence-electron chi connectivity index (χ4n) is 6.88. The molecule has 0 amide bonds. The molecule has 9 nitrogen and oxygen atoms in total. The van der Waals surface area contributed by atoms with Crippen molar-refractivity contribution in [3.05, 3.63) is 64.8 Å². The molecule has 9 heteroatoms. The summed E-state index contributed by atoms with van der Waals surface area (Å²) < 4.78 is 17.2. The molecule has 4 bridgehead atoms. The molecule has 226 valence electrons. The maximum atomic E-state index is 14.2. The van der Waals surface area contributed by atoms with E-state index in [0.29, 0.717) is 16.7 Å². The number of ether oxygens (including phenoxy) is 3. The first-order valence-corrected chi connectivity index (χ1v) is 14.3. The van der Waals surface area contributed by atoms with Crippen LogP contribution in [0.15, 0.2) is 59.2 Å². The topological polar surface area (TPSA) is 136 Å². The van der Waals surface area contributed by atoms with Crippen molar-refractivity contribution >= 4 is 29.8 Å². The van der Waals surface area contributed by atoms with Crippen LogP contribution in [0.3, 0.4) is 0 Å². The van der Waals surface area contributed by atoms with Crippen LogP contribution in [-0.2, 0) is 33.4 Å². The molecular weight excluding hydrogens is 540 g/mol. The van der Waals surface area contributed by atoms with E-state index in [4.69, 9.17) is 14.2 Å². The molecule has 0 saturated heterocycles. The molecule has 3 aliphatic rings. The molecule has 0 unspecified atom stereocenters. The van der Waals surface area contributed by atoms with Gasteiger partial charge in [0.1, 0.15) is 24.4 Å². The van der Waals surface area contributed by atoms with Gasteiger partial charge in [-0.05, 0) is 66.5 Å². The van der Waals surface area contributed by atoms with Crippen molar-refractivity contribution in [3.8, 4) is 0 Å². The van der Waals surface area contributed by atoms with E-state index < -0.39 is 71.0 Å². The van der Waals surface area contributed by atoms with Gasteiger partial charge in [0.2, 0.25) is 0 Å². The maximum absolute atomic E-state index is 14.2. The summed E-state index contributed by atoms with van der Waals surface area (Å²) in [7, 11) is 0. The number of aliphatic hydroxyl groups excluding tert-OH is 2. The van der Waals surface area contributed by atoms with Crippen LogP contribution in [-0.4, -0.2) is 64.4 Å². The van der Waals surface area contributed by atoms with Crippen LogP contribution in [0.5, 0.6) is 0 Å². The van der Waals surface area contributed by atoms with Gasteiger partial charge in [-0.15, -0.1) is 0 Å². The van der Waals surface area contributed by atoms with Gasteiger partial charge >= 0.3 is 17.9 Å². The summed E-state index contributed by atoms with van der Waals surface area (Å²) in [5, 5.41) is 22.9. The lowest BCUT2D eigenvalue weighted by Crippen LogP contribution is -2.56. The molecule has 2 N–H and O–H groups in total. The maximum Gasteiger partial charge on any atom is 0.331 e. The van der Waals surface area contributed by atoms with Crippen LogP contribution in [0.1, 0.15) is 66.4 Å². The van der Waals surface area contributed by atoms with Crippen molar-refractivity contribution in [2.75, 3.05) is 0 Å². The number of fused-ring (bicyclic) bond motifs is 4. The van der Waals surface area contributed by atoms with Crippen LogP contribution in [0.4, 0.5) is 0 Å². The Hall–Kier alpha value is -3.56. The highest BCUT2D eigenvalue weighted by Crippen LogP contribution is 2.53. The molecule has 4 rings (SSSR count). The second kappa shape index (κ2) is 12.0. The van der Waals surface area contributed by atoms with E-state index in [1.165, 1.54) is 19.9 Å². The van der Waals surface area contributed by atoms with E-state index >= 15 is 0 Å². The number of aliphatic hydroxyl groups is 2. The second-order valence-electron chi connectivity index (χ2n) is 12.4. The van der Waals surface area contributed by atoms with E-state index in [9.17, 15) is 29.4 Å². The highest BCUT2D eigenvalue weighted by atomic mass is 16.6. The molecule has 3 aliphatic carbocycles. The van der Waals surface area contributed by atoms with Gasteiger partial charge in [-0.25, -0.2) is 4.79 Å². The summed E-state index contributed by atoms with van der Waals surface area (Å²) in [6, 6.07) is 9.26. The molecule has 1 aromatic rings. The minimum absolute atomic E-state index is 0.00193. The number of hydrogen-bond donors (Lipinski definition) is 2. The van der Waals surface area contributed by atoms with Crippen LogP contribution in [0, 0.1) is 16.7 Å². The third-order valence-corrected chi connectivity index (χ3v) is 9.08. The zero-order valence-electron chi connectivity index (χ0n) is 25.0. The standard InChI is InChI=1S/C33H40O9/c1-18-25(42-28(37)13-12-21-10-8-7-9-11-21)15-23-26(40-19(2)34)14-22-17-33(6,27(16-24(22)36)41-20(3)35)31(39)30(38)29(18)32(23,4)5/h7-14,23-27,30,36,38H,15-17H2,1-6H3/b13-12+,22-14+/t23-,24-,25-,26-,27-,30+,33-/m0/s1. The quantitative estimate of drug-likeness (QED) is 0.230. The van der Waals surface area contributed by atoms with Gasteiger partial charge in [0.05, 0.1) is 11.5 Å². The molecule has 0 radical (unpaired) electrons. The molecule has 0 aromatic heterocycles. The predicted molar refractivity (Wildman–Crippen MR) is 153 cm³/mol. The molecule has 42 heavy (non-hydrogen) atoms. The predicted octanol–water partition coefficient (Wildman–Crippen LogP) is 3.87. The average molecular weight is 581 g/mol. The number of carbonyl (C=O) groups excluding carboxylic acids is 4. The number of ketones is 1. The van der Waals surface area contributed by atoms with Crippen molar-refractivity contribution in [1.29, 1.82) is 0 Å². The first kappa shape index (κ1) is 31.4. The number of carbonyl (C=O) groups is 4. The van der Waals surface area contributed by atoms with Gasteiger partial charge in [-0.3, -0.25) is 14.4 Å². The number of hydrogen-bond acceptors (Lipinski definition) is 9. The van der Waals surface area contributed by atoms with E-state index in [0.717, 1.165) is 5.56 Å². The summed E-state index contributed by atoms with van der Waals surface area (Å²) in [4.78, 5) is 51.4. The Kier molecular flexibility index (Phi) is 8.94. The first-order valence-electron chi connectivity index (χ1n) is 14.3. The number of Topliss-reactive ketones (excluding diaryl/α,β-unsaturated/α-hetero) is 1. The van der Waals surface area contributed by atoms with Gasteiger partial charge in [-0.2, -0.15) is 0 Å². The van der Waals surface area contributed by atoms with E-state index in [-0.39, 0.29) is 19.3 Å². The second-order valence-corrected chi connectivity index (χ2v) is 12.4. The van der Waals surface area contributed by atoms with Crippen LogP contribution in [0.2, 0.25) is 0 Å². The molecule has 1 aromatic carbocycles. The first-order chi connectivity index (χ1) is 19.6. The molecule has 0 heterocycles. The Morgan fingerprint density at radius 2 is 1.60 bits per heavy atom. The van der Waals surface area contributed by atoms with E-state index in [1.54, 1.807) is 26.0 Å². The fourth-order valence-corrected chi connectivity index (χ4v) is 6.88. The smallest absolute Gasteiger partial charge is 0.331 e. The van der Waals surface area contributed by atoms with Gasteiger partial charge in [-0.1, -0.05) is 44.2 Å². The van der Waals surface area contributed by atoms with Gasteiger partial charge in [0.15, 0.2) is 5.78 Å². The van der Waals surface area contributed by atoms with Crippen molar-refractivity contribution in [2.45, 2.75) is 91.3 Å². The van der Waals surface area contributed by atoms with Crippen molar-refractivity contribution in [1.82, 2.24) is 0 Å². The zero-order valence-corrected chi connectivity index (χ0v) is 25.0. The highest BCUT2D eigenvalue weighted by Gasteiger charge is 2.56. The zero-order chi connectivity index (χ0) is 31.0.